The van der Waals surface area contributed by atoms with Gasteiger partial charge in [-0.25, -0.2) is 8.42 Å². The molecule has 1 heterocycles. The number of hydrogen-bond donors (Lipinski definition) is 2. The molecular formula is C15H20ClF3N4O2S. The molecule has 1 saturated heterocycles. The quantitative estimate of drug-likeness (QED) is 0.588. The van der Waals surface area contributed by atoms with Gasteiger partial charge in [0.05, 0.1) is 0 Å². The fraction of sp³-hybridized carbons (Fsp3) is 0.533. The van der Waals surface area contributed by atoms with Gasteiger partial charge in [0.25, 0.3) is 0 Å². The average Bonchev–Trinajstić information content (AvgIpc) is 2.59. The number of sulfonamides is 1. The van der Waals surface area contributed by atoms with Crippen molar-refractivity contribution >= 4 is 27.6 Å². The molecule has 26 heavy (non-hydrogen) atoms. The summed E-state index contributed by atoms with van der Waals surface area (Å²) in [4.78, 5) is 4.07. The average molecular weight is 413 g/mol. The van der Waals surface area contributed by atoms with Crippen LogP contribution in [0.1, 0.15) is 18.4 Å². The van der Waals surface area contributed by atoms with Crippen LogP contribution >= 0.6 is 11.6 Å². The zero-order chi connectivity index (χ0) is 19.4. The van der Waals surface area contributed by atoms with Crippen molar-refractivity contribution in [3.8, 4) is 0 Å². The molecule has 0 aromatic heterocycles. The Hall–Kier alpha value is -1.52. The maximum atomic E-state index is 12.6. The summed E-state index contributed by atoms with van der Waals surface area (Å²) in [6, 6.07) is 7.14. The van der Waals surface area contributed by atoms with Crippen LogP contribution in [0.3, 0.4) is 0 Å². The van der Waals surface area contributed by atoms with Gasteiger partial charge >= 0.3 is 15.5 Å². The molecule has 0 amide bonds. The molecule has 1 fully saturated rings. The number of halogens is 4. The molecule has 0 bridgehead atoms. The number of hydrogen-bond acceptors (Lipinski definition) is 3. The number of piperidine rings is 1. The SMILES string of the molecule is CN=C(NCc1ccccc1Cl)NC1CCN(S(=O)(=O)C(F)(F)F)CC1. The van der Waals surface area contributed by atoms with Crippen molar-refractivity contribution in [1.82, 2.24) is 14.9 Å². The fourth-order valence-corrected chi connectivity index (χ4v) is 3.78. The first-order valence-electron chi connectivity index (χ1n) is 7.92. The van der Waals surface area contributed by atoms with Crippen molar-refractivity contribution in [1.29, 1.82) is 0 Å². The van der Waals surface area contributed by atoms with Crippen molar-refractivity contribution in [2.75, 3.05) is 20.1 Å². The van der Waals surface area contributed by atoms with E-state index < -0.39 is 15.5 Å². The van der Waals surface area contributed by atoms with Gasteiger partial charge in [-0.2, -0.15) is 17.5 Å². The van der Waals surface area contributed by atoms with Crippen molar-refractivity contribution < 1.29 is 21.6 Å². The van der Waals surface area contributed by atoms with Gasteiger partial charge in [0, 0.05) is 37.7 Å². The Morgan fingerprint density at radius 1 is 1.31 bits per heavy atom. The molecule has 0 spiro atoms. The third-order valence-electron chi connectivity index (χ3n) is 4.05. The third-order valence-corrected chi connectivity index (χ3v) is 6.05. The molecule has 1 aliphatic heterocycles. The molecule has 1 aromatic carbocycles. The van der Waals surface area contributed by atoms with Gasteiger partial charge in [-0.15, -0.1) is 0 Å². The maximum Gasteiger partial charge on any atom is 0.511 e. The predicted octanol–water partition coefficient (Wildman–Crippen LogP) is 2.32. The number of guanidine groups is 1. The highest BCUT2D eigenvalue weighted by Gasteiger charge is 2.50. The Kier molecular flexibility index (Phi) is 6.75. The van der Waals surface area contributed by atoms with E-state index in [1.165, 1.54) is 0 Å². The molecule has 6 nitrogen and oxygen atoms in total. The Morgan fingerprint density at radius 3 is 2.46 bits per heavy atom. The standard InChI is InChI=1S/C15H20ClF3N4O2S/c1-20-14(21-10-11-4-2-3-5-13(11)16)22-12-6-8-23(9-7-12)26(24,25)15(17,18)19/h2-5,12H,6-10H2,1H3,(H2,20,21,22). The lowest BCUT2D eigenvalue weighted by atomic mass is 10.1. The van der Waals surface area contributed by atoms with Crippen LogP contribution in [0.4, 0.5) is 13.2 Å². The Bertz CT molecular complexity index is 748. The molecule has 146 valence electrons. The van der Waals surface area contributed by atoms with Gasteiger partial charge in [0.2, 0.25) is 0 Å². The summed E-state index contributed by atoms with van der Waals surface area (Å²) in [6.45, 7) is 0.0443. The van der Waals surface area contributed by atoms with E-state index in [2.05, 4.69) is 15.6 Å². The van der Waals surface area contributed by atoms with E-state index in [0.29, 0.717) is 21.8 Å². The van der Waals surface area contributed by atoms with E-state index >= 15 is 0 Å². The van der Waals surface area contributed by atoms with E-state index in [1.807, 2.05) is 18.2 Å². The summed E-state index contributed by atoms with van der Waals surface area (Å²) in [7, 11) is -3.69. The lowest BCUT2D eigenvalue weighted by Gasteiger charge is -2.32. The van der Waals surface area contributed by atoms with Crippen LogP contribution in [-0.4, -0.2) is 50.4 Å². The van der Waals surface area contributed by atoms with Crippen LogP contribution in [0, 0.1) is 0 Å². The second-order valence-corrected chi connectivity index (χ2v) is 8.12. The topological polar surface area (TPSA) is 73.8 Å². The third kappa shape index (κ3) is 5.01. The van der Waals surface area contributed by atoms with Gasteiger partial charge in [0.1, 0.15) is 0 Å². The minimum absolute atomic E-state index is 0.174. The largest absolute Gasteiger partial charge is 0.511 e. The van der Waals surface area contributed by atoms with Gasteiger partial charge in [-0.1, -0.05) is 29.8 Å². The van der Waals surface area contributed by atoms with Crippen molar-refractivity contribution in [2.24, 2.45) is 4.99 Å². The Morgan fingerprint density at radius 2 is 1.92 bits per heavy atom. The van der Waals surface area contributed by atoms with Crippen LogP contribution in [0.25, 0.3) is 0 Å². The lowest BCUT2D eigenvalue weighted by molar-refractivity contribution is -0.0494. The molecular weight excluding hydrogens is 393 g/mol. The van der Waals surface area contributed by atoms with Crippen LogP contribution < -0.4 is 10.6 Å². The van der Waals surface area contributed by atoms with E-state index in [4.69, 9.17) is 11.6 Å². The summed E-state index contributed by atoms with van der Waals surface area (Å²) >= 11 is 6.08. The monoisotopic (exact) mass is 412 g/mol. The van der Waals surface area contributed by atoms with E-state index in [-0.39, 0.29) is 32.0 Å². The molecule has 0 radical (unpaired) electrons. The number of nitrogens with one attached hydrogen (secondary N) is 2. The summed E-state index contributed by atoms with van der Waals surface area (Å²) in [6.07, 6.45) is 0.504. The highest BCUT2D eigenvalue weighted by molar-refractivity contribution is 7.90. The first kappa shape index (κ1) is 20.8. The van der Waals surface area contributed by atoms with Crippen LogP contribution in [0.15, 0.2) is 29.3 Å². The molecule has 1 aromatic rings. The summed E-state index contributed by atoms with van der Waals surface area (Å²) in [5.41, 5.74) is -4.39. The molecule has 0 saturated carbocycles. The van der Waals surface area contributed by atoms with Gasteiger partial charge in [0.15, 0.2) is 5.96 Å². The Labute approximate surface area is 155 Å². The first-order chi connectivity index (χ1) is 12.1. The number of rotatable bonds is 4. The highest BCUT2D eigenvalue weighted by Crippen LogP contribution is 2.28. The molecule has 0 atom stereocenters. The number of alkyl halides is 3. The number of aliphatic imine (C=N–C) groups is 1. The van der Waals surface area contributed by atoms with E-state index in [0.717, 1.165) is 5.56 Å². The van der Waals surface area contributed by atoms with Gasteiger partial charge in [-0.3, -0.25) is 4.99 Å². The summed E-state index contributed by atoms with van der Waals surface area (Å²) < 4.78 is 61.1. The van der Waals surface area contributed by atoms with Crippen molar-refractivity contribution in [3.05, 3.63) is 34.9 Å². The molecule has 2 rings (SSSR count). The van der Waals surface area contributed by atoms with Crippen molar-refractivity contribution in [3.63, 3.8) is 0 Å². The molecule has 0 aliphatic carbocycles. The zero-order valence-corrected chi connectivity index (χ0v) is 15.6. The predicted molar refractivity (Wildman–Crippen MR) is 94.4 cm³/mol. The fourth-order valence-electron chi connectivity index (χ4n) is 2.60. The number of benzene rings is 1. The number of nitrogens with zero attached hydrogens (tertiary/aromatic N) is 2. The van der Waals surface area contributed by atoms with E-state index in [1.54, 1.807) is 13.1 Å². The smallest absolute Gasteiger partial charge is 0.354 e. The second kappa shape index (κ2) is 8.45. The van der Waals surface area contributed by atoms with Crippen LogP contribution in [0.5, 0.6) is 0 Å². The zero-order valence-electron chi connectivity index (χ0n) is 14.1. The molecule has 1 aliphatic rings. The van der Waals surface area contributed by atoms with Crippen LogP contribution in [0.2, 0.25) is 5.02 Å². The Balaban J connectivity index is 1.87. The van der Waals surface area contributed by atoms with Crippen molar-refractivity contribution in [2.45, 2.75) is 30.9 Å². The molecule has 0 unspecified atom stereocenters. The highest BCUT2D eigenvalue weighted by atomic mass is 35.5. The van der Waals surface area contributed by atoms with Crippen LogP contribution in [-0.2, 0) is 16.6 Å². The summed E-state index contributed by atoms with van der Waals surface area (Å²) in [5, 5.41) is 6.79. The minimum atomic E-state index is -5.26. The van der Waals surface area contributed by atoms with E-state index in [9.17, 15) is 21.6 Å². The van der Waals surface area contributed by atoms with Gasteiger partial charge in [-0.05, 0) is 24.5 Å². The van der Waals surface area contributed by atoms with Gasteiger partial charge < -0.3 is 10.6 Å². The summed E-state index contributed by atoms with van der Waals surface area (Å²) in [5.74, 6) is 0.474. The normalized spacial score (nSPS) is 18.0. The minimum Gasteiger partial charge on any atom is -0.354 e. The first-order valence-corrected chi connectivity index (χ1v) is 9.74. The molecule has 11 heteroatoms. The second-order valence-electron chi connectivity index (χ2n) is 5.79. The molecule has 2 N–H and O–H groups in total. The maximum absolute atomic E-state index is 12.6. The lowest BCUT2D eigenvalue weighted by Crippen LogP contribution is -2.51.